The first-order valence-corrected chi connectivity index (χ1v) is 9.47. The molecule has 0 saturated carbocycles. The largest absolute Gasteiger partial charge is 0.478 e. The van der Waals surface area contributed by atoms with Crippen molar-refractivity contribution in [2.24, 2.45) is 0 Å². The van der Waals surface area contributed by atoms with Gasteiger partial charge in [-0.15, -0.1) is 10.2 Å². The standard InChI is InChI=1S/C21H17F3N6O2/c1-11-9-13(15-5-3-4-6-16(15)19-25-28-29-26-19)7-8-14(11)18-17(20(31)32)12(2)27-30(18)10-21(22,23)24/h3-9H,10H2,1-2H3,(H,31,32)(H,25,26,28,29). The van der Waals surface area contributed by atoms with Crippen LogP contribution in [0.2, 0.25) is 0 Å². The van der Waals surface area contributed by atoms with E-state index in [0.717, 1.165) is 16.7 Å². The molecule has 2 aromatic carbocycles. The van der Waals surface area contributed by atoms with Gasteiger partial charge >= 0.3 is 12.1 Å². The number of hydrogen-bond donors (Lipinski definition) is 2. The van der Waals surface area contributed by atoms with E-state index in [1.54, 1.807) is 25.1 Å². The van der Waals surface area contributed by atoms with Crippen molar-refractivity contribution in [3.05, 3.63) is 59.3 Å². The molecule has 11 heteroatoms. The molecular weight excluding hydrogens is 425 g/mol. The van der Waals surface area contributed by atoms with Gasteiger partial charge in [-0.3, -0.25) is 4.68 Å². The number of rotatable bonds is 5. The second kappa shape index (κ2) is 7.91. The fourth-order valence-electron chi connectivity index (χ4n) is 3.70. The Morgan fingerprint density at radius 1 is 1.09 bits per heavy atom. The molecule has 32 heavy (non-hydrogen) atoms. The number of hydrogen-bond acceptors (Lipinski definition) is 5. The van der Waals surface area contributed by atoms with Crippen molar-refractivity contribution in [2.45, 2.75) is 26.6 Å². The minimum Gasteiger partial charge on any atom is -0.478 e. The summed E-state index contributed by atoms with van der Waals surface area (Å²) < 4.78 is 40.1. The van der Waals surface area contributed by atoms with Crippen LogP contribution in [0.25, 0.3) is 33.8 Å². The molecule has 4 aromatic rings. The van der Waals surface area contributed by atoms with Crippen LogP contribution >= 0.6 is 0 Å². The van der Waals surface area contributed by atoms with Crippen molar-refractivity contribution in [1.29, 1.82) is 0 Å². The van der Waals surface area contributed by atoms with Gasteiger partial charge in [-0.2, -0.15) is 23.5 Å². The van der Waals surface area contributed by atoms with E-state index in [-0.39, 0.29) is 17.0 Å². The summed E-state index contributed by atoms with van der Waals surface area (Å²) in [5.74, 6) is -0.939. The van der Waals surface area contributed by atoms with Crippen molar-refractivity contribution in [3.63, 3.8) is 0 Å². The summed E-state index contributed by atoms with van der Waals surface area (Å²) in [7, 11) is 0. The van der Waals surface area contributed by atoms with Crippen LogP contribution in [-0.4, -0.2) is 47.7 Å². The number of aromatic carboxylic acids is 1. The monoisotopic (exact) mass is 442 g/mol. The van der Waals surface area contributed by atoms with E-state index in [0.29, 0.717) is 21.6 Å². The van der Waals surface area contributed by atoms with Gasteiger partial charge in [-0.25, -0.2) is 4.79 Å². The maximum Gasteiger partial charge on any atom is 0.408 e. The number of carbonyl (C=O) groups is 1. The van der Waals surface area contributed by atoms with Crippen molar-refractivity contribution < 1.29 is 23.1 Å². The number of aromatic nitrogens is 6. The smallest absolute Gasteiger partial charge is 0.408 e. The average molecular weight is 442 g/mol. The van der Waals surface area contributed by atoms with E-state index in [9.17, 15) is 23.1 Å². The highest BCUT2D eigenvalue weighted by molar-refractivity contribution is 5.97. The highest BCUT2D eigenvalue weighted by Crippen LogP contribution is 2.36. The SMILES string of the molecule is Cc1cc(-c2ccccc2-c2nn[nH]n2)ccc1-c1c(C(=O)O)c(C)nn1CC(F)(F)F. The van der Waals surface area contributed by atoms with Gasteiger partial charge in [0.05, 0.1) is 11.4 Å². The third kappa shape index (κ3) is 3.96. The lowest BCUT2D eigenvalue weighted by atomic mass is 9.94. The lowest BCUT2D eigenvalue weighted by molar-refractivity contribution is -0.142. The molecule has 0 aliphatic heterocycles. The van der Waals surface area contributed by atoms with E-state index in [4.69, 9.17) is 0 Å². The lowest BCUT2D eigenvalue weighted by Crippen LogP contribution is -2.20. The summed E-state index contributed by atoms with van der Waals surface area (Å²) in [6, 6.07) is 12.5. The third-order valence-corrected chi connectivity index (χ3v) is 4.98. The molecule has 0 unspecified atom stereocenters. The van der Waals surface area contributed by atoms with Crippen molar-refractivity contribution in [2.75, 3.05) is 0 Å². The highest BCUT2D eigenvalue weighted by Gasteiger charge is 2.33. The molecule has 0 bridgehead atoms. The first-order valence-electron chi connectivity index (χ1n) is 9.47. The molecule has 8 nitrogen and oxygen atoms in total. The van der Waals surface area contributed by atoms with Gasteiger partial charge in [0.2, 0.25) is 5.82 Å². The van der Waals surface area contributed by atoms with E-state index in [2.05, 4.69) is 25.7 Å². The van der Waals surface area contributed by atoms with Crippen LogP contribution in [0, 0.1) is 13.8 Å². The number of carboxylic acid groups (broad SMARTS) is 1. The fraction of sp³-hybridized carbons (Fsp3) is 0.190. The van der Waals surface area contributed by atoms with Gasteiger partial charge < -0.3 is 5.11 Å². The molecule has 0 amide bonds. The third-order valence-electron chi connectivity index (χ3n) is 4.98. The number of alkyl halides is 3. The molecule has 2 N–H and O–H groups in total. The molecule has 0 aliphatic carbocycles. The second-order valence-electron chi connectivity index (χ2n) is 7.20. The zero-order valence-corrected chi connectivity index (χ0v) is 17.0. The van der Waals surface area contributed by atoms with Crippen molar-refractivity contribution >= 4 is 5.97 Å². The number of nitrogens with zero attached hydrogens (tertiary/aromatic N) is 5. The van der Waals surface area contributed by atoms with Crippen LogP contribution in [-0.2, 0) is 6.54 Å². The number of aryl methyl sites for hydroxylation is 2. The molecule has 0 saturated heterocycles. The molecule has 164 valence electrons. The molecular formula is C21H17F3N6O2. The zero-order valence-electron chi connectivity index (χ0n) is 17.0. The van der Waals surface area contributed by atoms with Gasteiger partial charge in [-0.05, 0) is 35.8 Å². The quantitative estimate of drug-likeness (QED) is 0.478. The summed E-state index contributed by atoms with van der Waals surface area (Å²) in [4.78, 5) is 11.8. The highest BCUT2D eigenvalue weighted by atomic mass is 19.4. The first kappa shape index (κ1) is 21.2. The number of benzene rings is 2. The second-order valence-corrected chi connectivity index (χ2v) is 7.20. The molecule has 2 heterocycles. The predicted octanol–water partition coefficient (Wildman–Crippen LogP) is 4.27. The first-order chi connectivity index (χ1) is 15.2. The molecule has 0 atom stereocenters. The zero-order chi connectivity index (χ0) is 23.0. The number of halogens is 3. The molecule has 0 spiro atoms. The maximum absolute atomic E-state index is 13.1. The lowest BCUT2D eigenvalue weighted by Gasteiger charge is -2.15. The van der Waals surface area contributed by atoms with E-state index >= 15 is 0 Å². The molecule has 0 aliphatic rings. The van der Waals surface area contributed by atoms with Crippen LogP contribution in [0.15, 0.2) is 42.5 Å². The normalized spacial score (nSPS) is 11.7. The van der Waals surface area contributed by atoms with Crippen LogP contribution in [0.4, 0.5) is 13.2 Å². The minimum absolute atomic E-state index is 0.0164. The Hall–Kier alpha value is -4.02. The van der Waals surface area contributed by atoms with E-state index < -0.39 is 18.7 Å². The fourth-order valence-corrected chi connectivity index (χ4v) is 3.70. The van der Waals surface area contributed by atoms with Crippen LogP contribution in [0.5, 0.6) is 0 Å². The summed E-state index contributed by atoms with van der Waals surface area (Å²) in [6.07, 6.45) is -4.56. The van der Waals surface area contributed by atoms with Gasteiger partial charge in [-0.1, -0.05) is 42.5 Å². The van der Waals surface area contributed by atoms with Gasteiger partial charge in [0.15, 0.2) is 0 Å². The van der Waals surface area contributed by atoms with Gasteiger partial charge in [0, 0.05) is 11.1 Å². The summed E-state index contributed by atoms with van der Waals surface area (Å²) in [6.45, 7) is 1.70. The van der Waals surface area contributed by atoms with Crippen LogP contribution in [0.3, 0.4) is 0 Å². The Kier molecular flexibility index (Phi) is 5.25. The van der Waals surface area contributed by atoms with E-state index in [1.807, 2.05) is 24.3 Å². The van der Waals surface area contributed by atoms with Gasteiger partial charge in [0.25, 0.3) is 0 Å². The summed E-state index contributed by atoms with van der Waals surface area (Å²) >= 11 is 0. The topological polar surface area (TPSA) is 110 Å². The number of nitrogens with one attached hydrogen (secondary N) is 1. The van der Waals surface area contributed by atoms with E-state index in [1.165, 1.54) is 6.92 Å². The number of aromatic amines is 1. The molecule has 4 rings (SSSR count). The number of carboxylic acids is 1. The van der Waals surface area contributed by atoms with Crippen molar-refractivity contribution in [3.8, 4) is 33.8 Å². The molecule has 0 fully saturated rings. The molecule has 2 aromatic heterocycles. The Morgan fingerprint density at radius 2 is 1.81 bits per heavy atom. The Bertz CT molecular complexity index is 1300. The number of tetrazole rings is 1. The summed E-state index contributed by atoms with van der Waals surface area (Å²) in [5.41, 5.74) is 2.91. The Morgan fingerprint density at radius 3 is 2.41 bits per heavy atom. The summed E-state index contributed by atoms with van der Waals surface area (Å²) in [5, 5.41) is 27.5. The maximum atomic E-state index is 13.1. The van der Waals surface area contributed by atoms with Gasteiger partial charge in [0.1, 0.15) is 12.1 Å². The Labute approximate surface area is 179 Å². The predicted molar refractivity (Wildman–Crippen MR) is 109 cm³/mol. The minimum atomic E-state index is -4.56. The van der Waals surface area contributed by atoms with Crippen molar-refractivity contribution in [1.82, 2.24) is 30.4 Å². The Balaban J connectivity index is 1.86. The van der Waals surface area contributed by atoms with Crippen LogP contribution < -0.4 is 0 Å². The average Bonchev–Trinajstić information content (AvgIpc) is 3.35. The molecule has 0 radical (unpaired) electrons. The number of H-pyrrole nitrogens is 1. The van der Waals surface area contributed by atoms with Crippen LogP contribution in [0.1, 0.15) is 21.6 Å².